The molecule has 0 radical (unpaired) electrons. The Morgan fingerprint density at radius 2 is 2.00 bits per heavy atom. The van der Waals surface area contributed by atoms with Crippen LogP contribution < -0.4 is 15.2 Å². The van der Waals surface area contributed by atoms with Crippen molar-refractivity contribution in [3.8, 4) is 5.75 Å². The van der Waals surface area contributed by atoms with Gasteiger partial charge in [0, 0.05) is 6.07 Å². The van der Waals surface area contributed by atoms with Crippen LogP contribution in [0.1, 0.15) is 6.92 Å². The van der Waals surface area contributed by atoms with Crippen LogP contribution in [0.4, 0.5) is 16.0 Å². The molecule has 9 heteroatoms. The van der Waals surface area contributed by atoms with Crippen molar-refractivity contribution >= 4 is 21.7 Å². The average molecular weight is 312 g/mol. The predicted octanol–water partition coefficient (Wildman–Crippen LogP) is 1.40. The van der Waals surface area contributed by atoms with Crippen molar-refractivity contribution < 1.29 is 17.5 Å². The number of anilines is 2. The topological polar surface area (TPSA) is 107 Å². The first-order chi connectivity index (χ1) is 9.92. The van der Waals surface area contributed by atoms with Crippen LogP contribution in [0.2, 0.25) is 0 Å². The molecule has 0 amide bonds. The zero-order valence-corrected chi connectivity index (χ0v) is 11.9. The highest BCUT2D eigenvalue weighted by Gasteiger charge is 2.16. The van der Waals surface area contributed by atoms with Crippen molar-refractivity contribution in [1.82, 2.24) is 9.97 Å². The zero-order chi connectivity index (χ0) is 15.5. The van der Waals surface area contributed by atoms with Gasteiger partial charge in [0.2, 0.25) is 5.95 Å². The van der Waals surface area contributed by atoms with Crippen LogP contribution in [0.3, 0.4) is 0 Å². The summed E-state index contributed by atoms with van der Waals surface area (Å²) in [4.78, 5) is 7.02. The van der Waals surface area contributed by atoms with E-state index in [0.717, 1.165) is 18.5 Å². The van der Waals surface area contributed by atoms with E-state index >= 15 is 0 Å². The standard InChI is InChI=1S/C12H13FN4O3S/c1-2-20-11-4-3-8(5-10(11)13)17-21(18,19)9-6-15-12(14)16-7-9/h3-7,17H,2H2,1H3,(H2,14,15,16). The summed E-state index contributed by atoms with van der Waals surface area (Å²) in [5, 5.41) is 0. The van der Waals surface area contributed by atoms with Crippen LogP contribution in [-0.2, 0) is 10.0 Å². The summed E-state index contributed by atoms with van der Waals surface area (Å²) in [6.07, 6.45) is 2.13. The molecule has 3 N–H and O–H groups in total. The normalized spacial score (nSPS) is 11.1. The molecule has 0 saturated heterocycles. The third-order valence-corrected chi connectivity index (χ3v) is 3.78. The van der Waals surface area contributed by atoms with Gasteiger partial charge in [-0.3, -0.25) is 4.72 Å². The van der Waals surface area contributed by atoms with E-state index in [4.69, 9.17) is 10.5 Å². The minimum absolute atomic E-state index is 0.0407. The second-order valence-electron chi connectivity index (χ2n) is 3.96. The van der Waals surface area contributed by atoms with Gasteiger partial charge < -0.3 is 10.5 Å². The molecule has 0 spiro atoms. The van der Waals surface area contributed by atoms with Crippen molar-refractivity contribution in [2.24, 2.45) is 0 Å². The molecule has 7 nitrogen and oxygen atoms in total. The molecule has 0 aliphatic rings. The largest absolute Gasteiger partial charge is 0.491 e. The number of halogens is 1. The molecular weight excluding hydrogens is 299 g/mol. The SMILES string of the molecule is CCOc1ccc(NS(=O)(=O)c2cnc(N)nc2)cc1F. The van der Waals surface area contributed by atoms with Crippen LogP contribution >= 0.6 is 0 Å². The maximum absolute atomic E-state index is 13.7. The fourth-order valence-corrected chi connectivity index (χ4v) is 2.45. The summed E-state index contributed by atoms with van der Waals surface area (Å²) < 4.78 is 45.0. The van der Waals surface area contributed by atoms with E-state index in [9.17, 15) is 12.8 Å². The van der Waals surface area contributed by atoms with Gasteiger partial charge in [-0.05, 0) is 19.1 Å². The van der Waals surface area contributed by atoms with Crippen molar-refractivity contribution in [1.29, 1.82) is 0 Å². The van der Waals surface area contributed by atoms with Crippen molar-refractivity contribution in [3.05, 3.63) is 36.4 Å². The second kappa shape index (κ2) is 5.92. The first kappa shape index (κ1) is 15.0. The van der Waals surface area contributed by atoms with Gasteiger partial charge in [0.25, 0.3) is 10.0 Å². The van der Waals surface area contributed by atoms with Crippen molar-refractivity contribution in [2.45, 2.75) is 11.8 Å². The number of nitrogens with two attached hydrogens (primary N) is 1. The molecule has 21 heavy (non-hydrogen) atoms. The lowest BCUT2D eigenvalue weighted by Crippen LogP contribution is -2.14. The number of rotatable bonds is 5. The van der Waals surface area contributed by atoms with Crippen LogP contribution in [0.5, 0.6) is 5.75 Å². The molecule has 0 aliphatic carbocycles. The number of benzene rings is 1. The molecule has 0 saturated carbocycles. The first-order valence-electron chi connectivity index (χ1n) is 5.95. The molecule has 0 unspecified atom stereocenters. The lowest BCUT2D eigenvalue weighted by atomic mass is 10.3. The predicted molar refractivity (Wildman–Crippen MR) is 74.8 cm³/mol. The van der Waals surface area contributed by atoms with Gasteiger partial charge in [-0.1, -0.05) is 0 Å². The van der Waals surface area contributed by atoms with E-state index in [1.165, 1.54) is 12.1 Å². The zero-order valence-electron chi connectivity index (χ0n) is 11.1. The Labute approximate surface area is 121 Å². The number of aromatic nitrogens is 2. The Morgan fingerprint density at radius 1 is 1.33 bits per heavy atom. The molecular formula is C12H13FN4O3S. The molecule has 0 atom stereocenters. The van der Waals surface area contributed by atoms with Crippen LogP contribution in [0, 0.1) is 5.82 Å². The van der Waals surface area contributed by atoms with Gasteiger partial charge in [0.15, 0.2) is 11.6 Å². The van der Waals surface area contributed by atoms with Gasteiger partial charge in [0.1, 0.15) is 4.90 Å². The van der Waals surface area contributed by atoms with E-state index in [1.54, 1.807) is 6.92 Å². The molecule has 1 heterocycles. The van der Waals surface area contributed by atoms with Crippen LogP contribution in [-0.4, -0.2) is 25.0 Å². The smallest absolute Gasteiger partial charge is 0.264 e. The summed E-state index contributed by atoms with van der Waals surface area (Å²) >= 11 is 0. The number of hydrogen-bond donors (Lipinski definition) is 2. The number of ether oxygens (including phenoxy) is 1. The quantitative estimate of drug-likeness (QED) is 0.864. The second-order valence-corrected chi connectivity index (χ2v) is 5.64. The summed E-state index contributed by atoms with van der Waals surface area (Å²) in [6.45, 7) is 2.03. The minimum Gasteiger partial charge on any atom is -0.491 e. The maximum atomic E-state index is 13.7. The molecule has 0 aliphatic heterocycles. The average Bonchev–Trinajstić information content (AvgIpc) is 2.42. The van der Waals surface area contributed by atoms with Gasteiger partial charge in [0.05, 0.1) is 24.7 Å². The Hall–Kier alpha value is -2.42. The van der Waals surface area contributed by atoms with E-state index in [-0.39, 0.29) is 22.3 Å². The Kier molecular flexibility index (Phi) is 4.22. The van der Waals surface area contributed by atoms with Crippen molar-refractivity contribution in [3.63, 3.8) is 0 Å². The van der Waals surface area contributed by atoms with E-state index in [1.807, 2.05) is 0 Å². The van der Waals surface area contributed by atoms with Gasteiger partial charge in [-0.25, -0.2) is 22.8 Å². The van der Waals surface area contributed by atoms with E-state index in [2.05, 4.69) is 14.7 Å². The number of sulfonamides is 1. The number of nitrogens with zero attached hydrogens (tertiary/aromatic N) is 2. The third kappa shape index (κ3) is 3.57. The van der Waals surface area contributed by atoms with Crippen LogP contribution in [0.25, 0.3) is 0 Å². The summed E-state index contributed by atoms with van der Waals surface area (Å²) in [7, 11) is -3.91. The van der Waals surface area contributed by atoms with Crippen LogP contribution in [0.15, 0.2) is 35.5 Å². The van der Waals surface area contributed by atoms with Gasteiger partial charge >= 0.3 is 0 Å². The Morgan fingerprint density at radius 3 is 2.57 bits per heavy atom. The fraction of sp³-hybridized carbons (Fsp3) is 0.167. The Bertz CT molecular complexity index is 735. The first-order valence-corrected chi connectivity index (χ1v) is 7.43. The lowest BCUT2D eigenvalue weighted by Gasteiger charge is -2.09. The highest BCUT2D eigenvalue weighted by Crippen LogP contribution is 2.23. The molecule has 0 bridgehead atoms. The molecule has 112 valence electrons. The highest BCUT2D eigenvalue weighted by atomic mass is 32.2. The summed E-state index contributed by atoms with van der Waals surface area (Å²) in [5.74, 6) is -0.650. The van der Waals surface area contributed by atoms with Gasteiger partial charge in [-0.15, -0.1) is 0 Å². The molecule has 1 aromatic carbocycles. The number of nitrogen functional groups attached to an aromatic ring is 1. The molecule has 0 fully saturated rings. The molecule has 2 rings (SSSR count). The van der Waals surface area contributed by atoms with E-state index in [0.29, 0.717) is 6.61 Å². The molecule has 1 aromatic heterocycles. The monoisotopic (exact) mass is 312 g/mol. The summed E-state index contributed by atoms with van der Waals surface area (Å²) in [5.41, 5.74) is 5.35. The third-order valence-electron chi connectivity index (χ3n) is 2.44. The minimum atomic E-state index is -3.91. The summed E-state index contributed by atoms with van der Waals surface area (Å²) in [6, 6.07) is 3.76. The lowest BCUT2D eigenvalue weighted by molar-refractivity contribution is 0.321. The number of nitrogens with one attached hydrogen (secondary N) is 1. The fourth-order valence-electron chi connectivity index (χ4n) is 1.52. The highest BCUT2D eigenvalue weighted by molar-refractivity contribution is 7.92. The maximum Gasteiger partial charge on any atom is 0.264 e. The van der Waals surface area contributed by atoms with Crippen molar-refractivity contribution in [2.75, 3.05) is 17.1 Å². The van der Waals surface area contributed by atoms with E-state index < -0.39 is 15.8 Å². The molecule has 2 aromatic rings. The number of hydrogen-bond acceptors (Lipinski definition) is 6. The van der Waals surface area contributed by atoms with Gasteiger partial charge in [-0.2, -0.15) is 0 Å². The Balaban J connectivity index is 2.24.